The summed E-state index contributed by atoms with van der Waals surface area (Å²) in [7, 11) is 0. The molecule has 0 atom stereocenters. The molecule has 1 aromatic carbocycles. The molecule has 2 rings (SSSR count). The van der Waals surface area contributed by atoms with Crippen molar-refractivity contribution in [3.05, 3.63) is 29.6 Å². The number of hydrogen-bond donors (Lipinski definition) is 2. The molecule has 20 heavy (non-hydrogen) atoms. The van der Waals surface area contributed by atoms with Gasteiger partial charge in [-0.15, -0.1) is 0 Å². The van der Waals surface area contributed by atoms with Crippen LogP contribution in [0.4, 0.5) is 18.9 Å². The number of piperidine rings is 1. The summed E-state index contributed by atoms with van der Waals surface area (Å²) < 4.78 is 44.4. The van der Waals surface area contributed by atoms with Crippen LogP contribution in [0.15, 0.2) is 12.1 Å². The molecular weight excluding hydrogens is 273 g/mol. The molecule has 1 aliphatic heterocycles. The Hall–Kier alpha value is -1.60. The number of benzene rings is 1. The summed E-state index contributed by atoms with van der Waals surface area (Å²) in [5.41, 5.74) is -0.400. The summed E-state index contributed by atoms with van der Waals surface area (Å²) in [6.45, 7) is 1.40. The fourth-order valence-electron chi connectivity index (χ4n) is 1.96. The first-order valence-electron chi connectivity index (χ1n) is 6.33. The maximum Gasteiger partial charge on any atom is 0.250 e. The van der Waals surface area contributed by atoms with Gasteiger partial charge < -0.3 is 15.4 Å². The van der Waals surface area contributed by atoms with Crippen molar-refractivity contribution in [3.63, 3.8) is 0 Å². The summed E-state index contributed by atoms with van der Waals surface area (Å²) in [5, 5.41) is 5.31. The fourth-order valence-corrected chi connectivity index (χ4v) is 1.96. The quantitative estimate of drug-likeness (QED) is 0.831. The molecule has 0 aliphatic carbocycles. The van der Waals surface area contributed by atoms with Crippen LogP contribution in [0.25, 0.3) is 0 Å². The maximum absolute atomic E-state index is 13.3. The molecular formula is C13H15F3N2O2. The zero-order valence-corrected chi connectivity index (χ0v) is 10.7. The van der Waals surface area contributed by atoms with Crippen LogP contribution in [0, 0.1) is 17.5 Å². The van der Waals surface area contributed by atoms with E-state index in [1.165, 1.54) is 0 Å². The number of carbonyl (C=O) groups excluding carboxylic acids is 1. The van der Waals surface area contributed by atoms with Crippen LogP contribution in [-0.2, 0) is 9.53 Å². The van der Waals surface area contributed by atoms with Crippen molar-refractivity contribution < 1.29 is 22.7 Å². The van der Waals surface area contributed by atoms with Crippen LogP contribution in [0.5, 0.6) is 0 Å². The Balaban J connectivity index is 1.86. The van der Waals surface area contributed by atoms with Crippen LogP contribution in [0.3, 0.4) is 0 Å². The van der Waals surface area contributed by atoms with Gasteiger partial charge in [-0.3, -0.25) is 4.79 Å². The van der Waals surface area contributed by atoms with Gasteiger partial charge in [-0.25, -0.2) is 13.2 Å². The Kier molecular flexibility index (Phi) is 4.97. The molecule has 7 heteroatoms. The van der Waals surface area contributed by atoms with Gasteiger partial charge in [-0.05, 0) is 38.1 Å². The van der Waals surface area contributed by atoms with Crippen molar-refractivity contribution in [2.75, 3.05) is 25.0 Å². The highest BCUT2D eigenvalue weighted by atomic mass is 19.2. The third kappa shape index (κ3) is 3.71. The number of halogens is 3. The molecule has 0 aromatic heterocycles. The molecule has 0 radical (unpaired) electrons. The lowest BCUT2D eigenvalue weighted by molar-refractivity contribution is -0.123. The molecule has 1 amide bonds. The third-order valence-electron chi connectivity index (χ3n) is 3.05. The van der Waals surface area contributed by atoms with Gasteiger partial charge in [0.05, 0.1) is 11.8 Å². The van der Waals surface area contributed by atoms with E-state index >= 15 is 0 Å². The van der Waals surface area contributed by atoms with E-state index in [1.807, 2.05) is 0 Å². The molecule has 1 aliphatic rings. The Bertz CT molecular complexity index is 491. The first-order chi connectivity index (χ1) is 9.58. The molecule has 1 aromatic rings. The average Bonchev–Trinajstić information content (AvgIpc) is 2.47. The first kappa shape index (κ1) is 14.8. The third-order valence-corrected chi connectivity index (χ3v) is 3.05. The number of nitrogens with one attached hydrogen (secondary N) is 2. The minimum Gasteiger partial charge on any atom is -0.368 e. The second kappa shape index (κ2) is 6.71. The molecule has 4 nitrogen and oxygen atoms in total. The standard InChI is InChI=1S/C13H15F3N2O2/c14-9-1-2-10(13(16)12(9)15)18-11(19)7-20-8-3-5-17-6-4-8/h1-2,8,17H,3-7H2,(H,18,19). The second-order valence-electron chi connectivity index (χ2n) is 4.53. The average molecular weight is 288 g/mol. The van der Waals surface area contributed by atoms with Gasteiger partial charge >= 0.3 is 0 Å². The van der Waals surface area contributed by atoms with E-state index < -0.39 is 29.0 Å². The smallest absolute Gasteiger partial charge is 0.250 e. The number of hydrogen-bond acceptors (Lipinski definition) is 3. The second-order valence-corrected chi connectivity index (χ2v) is 4.53. The molecule has 0 unspecified atom stereocenters. The van der Waals surface area contributed by atoms with Gasteiger partial charge in [-0.2, -0.15) is 0 Å². The van der Waals surface area contributed by atoms with Gasteiger partial charge in [0.2, 0.25) is 5.91 Å². The van der Waals surface area contributed by atoms with Gasteiger partial charge in [0.25, 0.3) is 0 Å². The Morgan fingerprint density at radius 1 is 1.25 bits per heavy atom. The lowest BCUT2D eigenvalue weighted by atomic mass is 10.1. The van der Waals surface area contributed by atoms with E-state index in [4.69, 9.17) is 4.74 Å². The lowest BCUT2D eigenvalue weighted by Crippen LogP contribution is -2.34. The Morgan fingerprint density at radius 2 is 1.95 bits per heavy atom. The van der Waals surface area contributed by atoms with Crippen LogP contribution >= 0.6 is 0 Å². The van der Waals surface area contributed by atoms with Crippen LogP contribution < -0.4 is 10.6 Å². The van der Waals surface area contributed by atoms with Crippen molar-refractivity contribution in [1.29, 1.82) is 0 Å². The predicted octanol–water partition coefficient (Wildman–Crippen LogP) is 1.81. The van der Waals surface area contributed by atoms with Crippen LogP contribution in [0.1, 0.15) is 12.8 Å². The van der Waals surface area contributed by atoms with Crippen LogP contribution in [0.2, 0.25) is 0 Å². The largest absolute Gasteiger partial charge is 0.368 e. The zero-order chi connectivity index (χ0) is 14.5. The molecule has 110 valence electrons. The van der Waals surface area contributed by atoms with Crippen molar-refractivity contribution >= 4 is 11.6 Å². The normalized spacial score (nSPS) is 16.1. The van der Waals surface area contributed by atoms with E-state index in [-0.39, 0.29) is 12.7 Å². The zero-order valence-electron chi connectivity index (χ0n) is 10.7. The fraction of sp³-hybridized carbons (Fsp3) is 0.462. The highest BCUT2D eigenvalue weighted by Crippen LogP contribution is 2.19. The molecule has 1 saturated heterocycles. The number of rotatable bonds is 4. The summed E-state index contributed by atoms with van der Waals surface area (Å²) in [4.78, 5) is 11.6. The number of ether oxygens (including phenoxy) is 1. The minimum atomic E-state index is -1.61. The van der Waals surface area contributed by atoms with E-state index in [1.54, 1.807) is 0 Å². The SMILES string of the molecule is O=C(COC1CCNCC1)Nc1ccc(F)c(F)c1F. The summed E-state index contributed by atoms with van der Waals surface area (Å²) in [6.07, 6.45) is 1.58. The lowest BCUT2D eigenvalue weighted by Gasteiger charge is -2.22. The first-order valence-corrected chi connectivity index (χ1v) is 6.33. The Morgan fingerprint density at radius 3 is 2.65 bits per heavy atom. The van der Waals surface area contributed by atoms with Gasteiger partial charge in [0.15, 0.2) is 17.5 Å². The summed E-state index contributed by atoms with van der Waals surface area (Å²) >= 11 is 0. The van der Waals surface area contributed by atoms with Gasteiger partial charge in [0, 0.05) is 0 Å². The van der Waals surface area contributed by atoms with Crippen molar-refractivity contribution in [3.8, 4) is 0 Å². The van der Waals surface area contributed by atoms with E-state index in [9.17, 15) is 18.0 Å². The number of anilines is 1. The monoisotopic (exact) mass is 288 g/mol. The molecule has 0 spiro atoms. The van der Waals surface area contributed by atoms with Crippen molar-refractivity contribution in [2.24, 2.45) is 0 Å². The highest BCUT2D eigenvalue weighted by Gasteiger charge is 2.17. The van der Waals surface area contributed by atoms with Crippen LogP contribution in [-0.4, -0.2) is 31.7 Å². The van der Waals surface area contributed by atoms with E-state index in [2.05, 4.69) is 10.6 Å². The van der Waals surface area contributed by atoms with Crippen molar-refractivity contribution in [1.82, 2.24) is 5.32 Å². The Labute approximate surface area is 114 Å². The predicted molar refractivity (Wildman–Crippen MR) is 66.8 cm³/mol. The number of amides is 1. The van der Waals surface area contributed by atoms with Gasteiger partial charge in [-0.1, -0.05) is 0 Å². The molecule has 0 saturated carbocycles. The van der Waals surface area contributed by atoms with Gasteiger partial charge in [0.1, 0.15) is 6.61 Å². The number of carbonyl (C=O) groups is 1. The maximum atomic E-state index is 13.3. The topological polar surface area (TPSA) is 50.4 Å². The minimum absolute atomic E-state index is 0.0169. The highest BCUT2D eigenvalue weighted by molar-refractivity contribution is 5.91. The molecule has 1 fully saturated rings. The summed E-state index contributed by atoms with van der Waals surface area (Å²) in [6, 6.07) is 1.72. The summed E-state index contributed by atoms with van der Waals surface area (Å²) in [5.74, 6) is -4.93. The molecule has 0 bridgehead atoms. The van der Waals surface area contributed by atoms with E-state index in [0.29, 0.717) is 0 Å². The van der Waals surface area contributed by atoms with Crippen molar-refractivity contribution in [2.45, 2.75) is 18.9 Å². The van der Waals surface area contributed by atoms with E-state index in [0.717, 1.165) is 38.1 Å². The molecule has 1 heterocycles. The molecule has 2 N–H and O–H groups in total.